The molecule has 4 heterocycles. The number of non-ortho nitro benzene ring substituents is 1. The molecular formula is C27H28N8O5. The maximum absolute atomic E-state index is 13.6. The largest absolute Gasteiger partial charge is 0.454 e. The van der Waals surface area contributed by atoms with Gasteiger partial charge in [-0.25, -0.2) is 4.68 Å². The van der Waals surface area contributed by atoms with Gasteiger partial charge in [0.25, 0.3) is 11.2 Å². The van der Waals surface area contributed by atoms with Gasteiger partial charge in [-0.05, 0) is 47.5 Å². The van der Waals surface area contributed by atoms with Crippen molar-refractivity contribution in [2.24, 2.45) is 0 Å². The molecule has 1 atom stereocenters. The minimum absolute atomic E-state index is 0.0688. The van der Waals surface area contributed by atoms with Crippen molar-refractivity contribution in [1.29, 1.82) is 0 Å². The van der Waals surface area contributed by atoms with E-state index in [1.54, 1.807) is 18.2 Å². The molecular weight excluding hydrogens is 516 g/mol. The van der Waals surface area contributed by atoms with Crippen LogP contribution in [0.5, 0.6) is 11.5 Å². The van der Waals surface area contributed by atoms with Crippen molar-refractivity contribution in [3.8, 4) is 11.5 Å². The number of aromatic amines is 1. The maximum Gasteiger partial charge on any atom is 0.269 e. The van der Waals surface area contributed by atoms with Gasteiger partial charge in [0.15, 0.2) is 17.3 Å². The zero-order chi connectivity index (χ0) is 27.2. The Morgan fingerprint density at radius 2 is 1.73 bits per heavy atom. The molecule has 13 heteroatoms. The highest BCUT2D eigenvalue weighted by Gasteiger charge is 2.35. The van der Waals surface area contributed by atoms with E-state index in [1.807, 2.05) is 16.8 Å². The Hall–Kier alpha value is -4.52. The Morgan fingerprint density at radius 3 is 2.45 bits per heavy atom. The van der Waals surface area contributed by atoms with Crippen LogP contribution in [-0.2, 0) is 0 Å². The molecule has 0 amide bonds. The average molecular weight is 545 g/mol. The summed E-state index contributed by atoms with van der Waals surface area (Å²) in [5.74, 6) is 1.93. The zero-order valence-electron chi connectivity index (χ0n) is 21.7. The first-order chi connectivity index (χ1) is 19.5. The lowest BCUT2D eigenvalue weighted by atomic mass is 10.0. The van der Waals surface area contributed by atoms with Crippen molar-refractivity contribution in [2.75, 3.05) is 37.9 Å². The van der Waals surface area contributed by atoms with Gasteiger partial charge in [-0.15, -0.1) is 5.10 Å². The average Bonchev–Trinajstić information content (AvgIpc) is 3.75. The topological polar surface area (TPSA) is 145 Å². The van der Waals surface area contributed by atoms with Gasteiger partial charge in [0, 0.05) is 61.0 Å². The summed E-state index contributed by atoms with van der Waals surface area (Å²) in [6.07, 6.45) is 4.28. The van der Waals surface area contributed by atoms with Gasteiger partial charge in [-0.1, -0.05) is 12.8 Å². The number of hydrogen-bond donors (Lipinski definition) is 1. The molecule has 2 aromatic carbocycles. The molecule has 7 rings (SSSR count). The Labute approximate surface area is 228 Å². The van der Waals surface area contributed by atoms with Crippen LogP contribution in [0.1, 0.15) is 49.2 Å². The summed E-state index contributed by atoms with van der Waals surface area (Å²) in [7, 11) is 0. The third-order valence-electron chi connectivity index (χ3n) is 8.20. The van der Waals surface area contributed by atoms with Gasteiger partial charge in [0.1, 0.15) is 6.04 Å². The highest BCUT2D eigenvalue weighted by molar-refractivity contribution is 5.83. The van der Waals surface area contributed by atoms with E-state index in [2.05, 4.69) is 30.3 Å². The summed E-state index contributed by atoms with van der Waals surface area (Å²) in [6, 6.07) is 12.0. The van der Waals surface area contributed by atoms with Gasteiger partial charge in [0.05, 0.1) is 16.5 Å². The molecule has 1 aliphatic carbocycles. The molecule has 2 aliphatic heterocycles. The summed E-state index contributed by atoms with van der Waals surface area (Å²) in [5.41, 5.74) is 2.05. The molecule has 3 aliphatic rings. The van der Waals surface area contributed by atoms with Crippen LogP contribution in [0.25, 0.3) is 10.9 Å². The smallest absolute Gasteiger partial charge is 0.269 e. The van der Waals surface area contributed by atoms with E-state index in [0.717, 1.165) is 36.8 Å². The van der Waals surface area contributed by atoms with Gasteiger partial charge in [-0.2, -0.15) is 0 Å². The fourth-order valence-corrected chi connectivity index (χ4v) is 6.13. The van der Waals surface area contributed by atoms with Crippen molar-refractivity contribution in [3.63, 3.8) is 0 Å². The summed E-state index contributed by atoms with van der Waals surface area (Å²) >= 11 is 0. The molecule has 0 radical (unpaired) electrons. The van der Waals surface area contributed by atoms with Crippen LogP contribution in [0, 0.1) is 10.1 Å². The molecule has 2 fully saturated rings. The fourth-order valence-electron chi connectivity index (χ4n) is 6.13. The third-order valence-corrected chi connectivity index (χ3v) is 8.20. The van der Waals surface area contributed by atoms with Crippen LogP contribution in [0.3, 0.4) is 0 Å². The summed E-state index contributed by atoms with van der Waals surface area (Å²) < 4.78 is 13.0. The molecule has 206 valence electrons. The number of nitro groups is 1. The van der Waals surface area contributed by atoms with E-state index in [0.29, 0.717) is 54.6 Å². The monoisotopic (exact) mass is 544 g/mol. The number of aromatic nitrogens is 5. The van der Waals surface area contributed by atoms with Gasteiger partial charge < -0.3 is 19.4 Å². The number of pyridine rings is 1. The molecule has 0 unspecified atom stereocenters. The van der Waals surface area contributed by atoms with Crippen LogP contribution in [-0.4, -0.2) is 68.0 Å². The van der Waals surface area contributed by atoms with Crippen molar-refractivity contribution >= 4 is 22.3 Å². The van der Waals surface area contributed by atoms with Crippen molar-refractivity contribution < 1.29 is 14.4 Å². The van der Waals surface area contributed by atoms with Gasteiger partial charge in [0.2, 0.25) is 6.79 Å². The normalized spacial score (nSPS) is 18.4. The second kappa shape index (κ2) is 9.90. The number of fused-ring (bicyclic) bond motifs is 2. The first-order valence-electron chi connectivity index (χ1n) is 13.5. The molecule has 1 saturated heterocycles. The number of hydrogen-bond acceptors (Lipinski definition) is 10. The summed E-state index contributed by atoms with van der Waals surface area (Å²) in [4.78, 5) is 31.8. The molecule has 0 bridgehead atoms. The quantitative estimate of drug-likeness (QED) is 0.284. The number of nitrogens with one attached hydrogen (secondary N) is 1. The molecule has 2 aromatic heterocycles. The SMILES string of the molecule is O=c1[nH]c2cc3c(cc2cc1[C@H](c1nnnn1C1CCCC1)N1CCN(c2ccc([N+](=O)[O-])cc2)CC1)OCO3. The third kappa shape index (κ3) is 4.31. The Balaban J connectivity index is 1.24. The number of H-pyrrole nitrogens is 1. The fraction of sp³-hybridized carbons (Fsp3) is 0.407. The lowest BCUT2D eigenvalue weighted by molar-refractivity contribution is -0.384. The first-order valence-corrected chi connectivity index (χ1v) is 13.5. The highest BCUT2D eigenvalue weighted by atomic mass is 16.7. The lowest BCUT2D eigenvalue weighted by Gasteiger charge is -2.39. The molecule has 13 nitrogen and oxygen atoms in total. The van der Waals surface area contributed by atoms with Gasteiger partial charge >= 0.3 is 0 Å². The molecule has 40 heavy (non-hydrogen) atoms. The van der Waals surface area contributed by atoms with Gasteiger partial charge in [-0.3, -0.25) is 19.8 Å². The predicted octanol–water partition coefficient (Wildman–Crippen LogP) is 3.18. The van der Waals surface area contributed by atoms with E-state index in [4.69, 9.17) is 9.47 Å². The van der Waals surface area contributed by atoms with E-state index < -0.39 is 11.0 Å². The number of anilines is 1. The van der Waals surface area contributed by atoms with Crippen molar-refractivity contribution in [1.82, 2.24) is 30.1 Å². The number of benzene rings is 2. The minimum atomic E-state index is -0.451. The standard InChI is InChI=1S/C27H28N8O5/c36-27-21(13-17-14-23-24(40-16-39-23)15-22(17)28-27)25(26-29-30-31-34(26)19-3-1-2-4-19)33-11-9-32(10-12-33)18-5-7-20(8-6-18)35(37)38/h5-8,13-15,19,25H,1-4,9-12,16H2,(H,28,36)/t25-/m1/s1. The lowest BCUT2D eigenvalue weighted by Crippen LogP contribution is -2.49. The van der Waals surface area contributed by atoms with E-state index >= 15 is 0 Å². The number of nitro benzene ring substituents is 1. The van der Waals surface area contributed by atoms with Crippen molar-refractivity contribution in [3.05, 3.63) is 74.3 Å². The van der Waals surface area contributed by atoms with Crippen LogP contribution >= 0.6 is 0 Å². The molecule has 0 spiro atoms. The number of piperazine rings is 1. The Bertz CT molecular complexity index is 1620. The highest BCUT2D eigenvalue weighted by Crippen LogP contribution is 2.38. The molecule has 1 N–H and O–H groups in total. The second-order valence-electron chi connectivity index (χ2n) is 10.5. The number of rotatable bonds is 6. The zero-order valence-corrected chi connectivity index (χ0v) is 21.7. The van der Waals surface area contributed by atoms with E-state index in [-0.39, 0.29) is 24.1 Å². The van der Waals surface area contributed by atoms with Crippen LogP contribution in [0.4, 0.5) is 11.4 Å². The van der Waals surface area contributed by atoms with Crippen LogP contribution in [0.2, 0.25) is 0 Å². The second-order valence-corrected chi connectivity index (χ2v) is 10.5. The van der Waals surface area contributed by atoms with E-state index in [9.17, 15) is 14.9 Å². The minimum Gasteiger partial charge on any atom is -0.454 e. The number of nitrogens with zero attached hydrogens (tertiary/aromatic N) is 7. The summed E-state index contributed by atoms with van der Waals surface area (Å²) in [6.45, 7) is 2.82. The predicted molar refractivity (Wildman–Crippen MR) is 145 cm³/mol. The Kier molecular flexibility index (Phi) is 6.07. The summed E-state index contributed by atoms with van der Waals surface area (Å²) in [5, 5.41) is 24.8. The van der Waals surface area contributed by atoms with E-state index in [1.165, 1.54) is 12.1 Å². The number of ether oxygens (including phenoxy) is 2. The molecule has 4 aromatic rings. The number of tetrazole rings is 1. The molecule has 1 saturated carbocycles. The van der Waals surface area contributed by atoms with Crippen LogP contribution in [0.15, 0.2) is 47.3 Å². The Morgan fingerprint density at radius 1 is 1.00 bits per heavy atom. The van der Waals surface area contributed by atoms with Crippen molar-refractivity contribution in [2.45, 2.75) is 37.8 Å². The maximum atomic E-state index is 13.6. The van der Waals surface area contributed by atoms with Crippen LogP contribution < -0.4 is 19.9 Å². The first kappa shape index (κ1) is 24.5.